The summed E-state index contributed by atoms with van der Waals surface area (Å²) < 4.78 is 4.71. The van der Waals surface area contributed by atoms with E-state index < -0.39 is 0 Å². The number of nitrogens with one attached hydrogen (secondary N) is 2. The van der Waals surface area contributed by atoms with Crippen LogP contribution in [0.5, 0.6) is 0 Å². The first-order valence-electron chi connectivity index (χ1n) is 10.1. The largest absolute Gasteiger partial charge is 0.465 e. The summed E-state index contributed by atoms with van der Waals surface area (Å²) in [5, 5.41) is 6.56. The maximum atomic E-state index is 12.0. The minimum Gasteiger partial charge on any atom is -0.465 e. The van der Waals surface area contributed by atoms with Crippen LogP contribution in [-0.2, 0) is 16.1 Å². The van der Waals surface area contributed by atoms with Gasteiger partial charge in [-0.05, 0) is 43.9 Å². The Hall–Kier alpha value is -2.57. The summed E-state index contributed by atoms with van der Waals surface area (Å²) in [5.41, 5.74) is 1.54. The van der Waals surface area contributed by atoms with Crippen molar-refractivity contribution in [3.8, 4) is 0 Å². The first-order valence-corrected chi connectivity index (χ1v) is 10.1. The van der Waals surface area contributed by atoms with Gasteiger partial charge < -0.3 is 20.3 Å². The maximum absolute atomic E-state index is 12.0. The molecule has 0 aromatic heterocycles. The van der Waals surface area contributed by atoms with E-state index in [9.17, 15) is 9.59 Å². The van der Waals surface area contributed by atoms with Gasteiger partial charge in [0.15, 0.2) is 5.96 Å². The summed E-state index contributed by atoms with van der Waals surface area (Å²) in [4.78, 5) is 30.1. The predicted molar refractivity (Wildman–Crippen MR) is 110 cm³/mol. The average Bonchev–Trinajstić information content (AvgIpc) is 2.93. The second-order valence-corrected chi connectivity index (χ2v) is 6.86. The third kappa shape index (κ3) is 7.21. The third-order valence-corrected chi connectivity index (χ3v) is 4.71. The van der Waals surface area contributed by atoms with Gasteiger partial charge in [0.05, 0.1) is 19.2 Å². The molecule has 1 saturated heterocycles. The molecule has 1 aromatic carbocycles. The number of hydrogen-bond acceptors (Lipinski definition) is 4. The van der Waals surface area contributed by atoms with Crippen LogP contribution in [0.3, 0.4) is 0 Å². The first kappa shape index (κ1) is 21.7. The summed E-state index contributed by atoms with van der Waals surface area (Å²) in [6, 6.07) is 7.25. The van der Waals surface area contributed by atoms with E-state index in [1.54, 1.807) is 12.1 Å². The molecule has 0 aliphatic carbocycles. The van der Waals surface area contributed by atoms with Crippen molar-refractivity contribution in [2.45, 2.75) is 45.6 Å². The summed E-state index contributed by atoms with van der Waals surface area (Å²) in [6.07, 6.45) is 4.86. The molecule has 1 heterocycles. The molecule has 0 radical (unpaired) electrons. The SMILES string of the molecule is CCNC(=NCc1ccc(C(=O)OC)cc1)NCCCN1CCCCCC1=O. The Kier molecular flexibility index (Phi) is 9.31. The molecule has 1 aliphatic heterocycles. The molecular formula is C21H32N4O3. The fourth-order valence-electron chi connectivity index (χ4n) is 3.13. The van der Waals surface area contributed by atoms with Crippen LogP contribution >= 0.6 is 0 Å². The normalized spacial score (nSPS) is 15.1. The molecule has 0 spiro atoms. The second-order valence-electron chi connectivity index (χ2n) is 6.86. The maximum Gasteiger partial charge on any atom is 0.337 e. The minimum absolute atomic E-state index is 0.286. The van der Waals surface area contributed by atoms with Crippen LogP contribution in [0.2, 0.25) is 0 Å². The zero-order valence-corrected chi connectivity index (χ0v) is 17.0. The van der Waals surface area contributed by atoms with Crippen molar-refractivity contribution in [1.29, 1.82) is 0 Å². The highest BCUT2D eigenvalue weighted by Gasteiger charge is 2.15. The Balaban J connectivity index is 1.79. The Morgan fingerprint density at radius 3 is 2.68 bits per heavy atom. The lowest BCUT2D eigenvalue weighted by Crippen LogP contribution is -2.39. The Bertz CT molecular complexity index is 658. The molecule has 7 nitrogen and oxygen atoms in total. The van der Waals surface area contributed by atoms with Crippen LogP contribution in [0.15, 0.2) is 29.3 Å². The number of carbonyl (C=O) groups excluding carboxylic acids is 2. The number of hydrogen-bond donors (Lipinski definition) is 2. The summed E-state index contributed by atoms with van der Waals surface area (Å²) >= 11 is 0. The smallest absolute Gasteiger partial charge is 0.337 e. The van der Waals surface area contributed by atoms with Crippen LogP contribution in [0.4, 0.5) is 0 Å². The number of aliphatic imine (C=N–C) groups is 1. The van der Waals surface area contributed by atoms with E-state index in [-0.39, 0.29) is 11.9 Å². The highest BCUT2D eigenvalue weighted by molar-refractivity contribution is 5.89. The van der Waals surface area contributed by atoms with Gasteiger partial charge in [0, 0.05) is 32.6 Å². The number of ether oxygens (including phenoxy) is 1. The van der Waals surface area contributed by atoms with Gasteiger partial charge in [-0.1, -0.05) is 18.6 Å². The van der Waals surface area contributed by atoms with Crippen LogP contribution in [-0.4, -0.2) is 56.0 Å². The van der Waals surface area contributed by atoms with E-state index in [1.807, 2.05) is 24.0 Å². The number of esters is 1. The van der Waals surface area contributed by atoms with Gasteiger partial charge in [0.25, 0.3) is 0 Å². The van der Waals surface area contributed by atoms with Crippen molar-refractivity contribution in [3.05, 3.63) is 35.4 Å². The van der Waals surface area contributed by atoms with Gasteiger partial charge >= 0.3 is 5.97 Å². The molecule has 2 N–H and O–H groups in total. The van der Waals surface area contributed by atoms with E-state index >= 15 is 0 Å². The molecule has 2 rings (SSSR count). The molecule has 28 heavy (non-hydrogen) atoms. The molecular weight excluding hydrogens is 356 g/mol. The lowest BCUT2D eigenvalue weighted by Gasteiger charge is -2.20. The molecule has 1 amide bonds. The van der Waals surface area contributed by atoms with Crippen molar-refractivity contribution in [3.63, 3.8) is 0 Å². The topological polar surface area (TPSA) is 83.0 Å². The summed E-state index contributed by atoms with van der Waals surface area (Å²) in [5.74, 6) is 0.697. The van der Waals surface area contributed by atoms with Crippen molar-refractivity contribution in [2.24, 2.45) is 4.99 Å². The fourth-order valence-corrected chi connectivity index (χ4v) is 3.13. The van der Waals surface area contributed by atoms with Gasteiger partial charge in [0.1, 0.15) is 0 Å². The summed E-state index contributed by atoms with van der Waals surface area (Å²) in [6.45, 7) is 5.75. The van der Waals surface area contributed by atoms with Gasteiger partial charge in [-0.3, -0.25) is 4.79 Å². The Morgan fingerprint density at radius 2 is 1.96 bits per heavy atom. The van der Waals surface area contributed by atoms with Crippen LogP contribution in [0.25, 0.3) is 0 Å². The summed E-state index contributed by atoms with van der Waals surface area (Å²) in [7, 11) is 1.37. The van der Waals surface area contributed by atoms with Gasteiger partial charge in [-0.2, -0.15) is 0 Å². The minimum atomic E-state index is -0.340. The average molecular weight is 389 g/mol. The number of rotatable bonds is 8. The lowest BCUT2D eigenvalue weighted by atomic mass is 10.1. The standard InChI is InChI=1S/C21H32N4O3/c1-3-22-21(23-13-7-15-25-14-6-4-5-8-19(25)26)24-16-17-9-11-18(12-10-17)20(27)28-2/h9-12H,3-8,13-16H2,1-2H3,(H2,22,23,24). The molecule has 1 aromatic rings. The number of carbonyl (C=O) groups is 2. The number of nitrogens with zero attached hydrogens (tertiary/aromatic N) is 2. The zero-order valence-electron chi connectivity index (χ0n) is 17.0. The second kappa shape index (κ2) is 12.0. The van der Waals surface area contributed by atoms with Crippen molar-refractivity contribution in [1.82, 2.24) is 15.5 Å². The molecule has 0 saturated carbocycles. The van der Waals surface area contributed by atoms with Gasteiger partial charge in [-0.25, -0.2) is 9.79 Å². The highest BCUT2D eigenvalue weighted by Crippen LogP contribution is 2.11. The molecule has 0 unspecified atom stereocenters. The predicted octanol–water partition coefficient (Wildman–Crippen LogP) is 2.32. The van der Waals surface area contributed by atoms with Crippen LogP contribution in [0.1, 0.15) is 54.9 Å². The van der Waals surface area contributed by atoms with Crippen LogP contribution in [0, 0.1) is 0 Å². The van der Waals surface area contributed by atoms with E-state index in [2.05, 4.69) is 15.6 Å². The molecule has 0 bridgehead atoms. The molecule has 0 atom stereocenters. The lowest BCUT2D eigenvalue weighted by molar-refractivity contribution is -0.130. The van der Waals surface area contributed by atoms with Crippen molar-refractivity contribution in [2.75, 3.05) is 33.3 Å². The molecule has 1 fully saturated rings. The quantitative estimate of drug-likeness (QED) is 0.309. The van der Waals surface area contributed by atoms with Crippen molar-refractivity contribution < 1.29 is 14.3 Å². The highest BCUT2D eigenvalue weighted by atomic mass is 16.5. The van der Waals surface area contributed by atoms with Gasteiger partial charge in [-0.15, -0.1) is 0 Å². The van der Waals surface area contributed by atoms with Crippen LogP contribution < -0.4 is 10.6 Å². The van der Waals surface area contributed by atoms with Gasteiger partial charge in [0.2, 0.25) is 5.91 Å². The fraction of sp³-hybridized carbons (Fsp3) is 0.571. The van der Waals surface area contributed by atoms with E-state index in [1.165, 1.54) is 7.11 Å². The first-order chi connectivity index (χ1) is 13.6. The number of benzene rings is 1. The van der Waals surface area contributed by atoms with E-state index in [0.29, 0.717) is 18.5 Å². The number of amides is 1. The number of methoxy groups -OCH3 is 1. The molecule has 1 aliphatic rings. The Labute approximate surface area is 167 Å². The molecule has 154 valence electrons. The van der Waals surface area contributed by atoms with Crippen molar-refractivity contribution >= 4 is 17.8 Å². The third-order valence-electron chi connectivity index (χ3n) is 4.71. The van der Waals surface area contributed by atoms with E-state index in [4.69, 9.17) is 4.74 Å². The Morgan fingerprint density at radius 1 is 1.18 bits per heavy atom. The number of likely N-dealkylation sites (tertiary alicyclic amines) is 1. The molecule has 7 heteroatoms. The monoisotopic (exact) mass is 388 g/mol. The zero-order chi connectivity index (χ0) is 20.2. The van der Waals surface area contributed by atoms with E-state index in [0.717, 1.165) is 63.4 Å². The number of guanidine groups is 1.